The maximum absolute atomic E-state index is 12.7. The Morgan fingerprint density at radius 1 is 1.12 bits per heavy atom. The van der Waals surface area contributed by atoms with Crippen LogP contribution < -0.4 is 0 Å². The molecule has 0 aromatic carbocycles. The molecule has 2 saturated heterocycles. The van der Waals surface area contributed by atoms with Crippen LogP contribution in [0.15, 0.2) is 0 Å². The average Bonchev–Trinajstić information content (AvgIpc) is 3.24. The van der Waals surface area contributed by atoms with Gasteiger partial charge in [0.2, 0.25) is 5.91 Å². The number of aromatic nitrogens is 1. The van der Waals surface area contributed by atoms with Crippen LogP contribution in [-0.2, 0) is 11.3 Å². The van der Waals surface area contributed by atoms with E-state index >= 15 is 0 Å². The van der Waals surface area contributed by atoms with Crippen LogP contribution in [-0.4, -0.2) is 46.9 Å². The predicted molar refractivity (Wildman–Crippen MR) is 102 cm³/mol. The minimum Gasteiger partial charge on any atom is -0.342 e. The molecule has 1 amide bonds. The van der Waals surface area contributed by atoms with E-state index in [1.807, 2.05) is 11.3 Å². The highest BCUT2D eigenvalue weighted by Gasteiger charge is 2.38. The minimum absolute atomic E-state index is 0.432. The zero-order valence-electron chi connectivity index (χ0n) is 15.7. The highest BCUT2D eigenvalue weighted by atomic mass is 32.1. The highest BCUT2D eigenvalue weighted by molar-refractivity contribution is 7.11. The molecule has 25 heavy (non-hydrogen) atoms. The van der Waals surface area contributed by atoms with E-state index in [1.165, 1.54) is 47.7 Å². The summed E-state index contributed by atoms with van der Waals surface area (Å²) in [5.74, 6) is 2.66. The minimum atomic E-state index is 0.432. The molecule has 1 aromatic heterocycles. The molecule has 5 heteroatoms. The number of carbonyl (C=O) groups excluding carboxylic acids is 1. The molecule has 4 nitrogen and oxygen atoms in total. The van der Waals surface area contributed by atoms with Crippen molar-refractivity contribution in [3.63, 3.8) is 0 Å². The molecule has 1 aliphatic carbocycles. The standard InChI is InChI=1S/C20H31N3OS/c1-14-19(25-15(2)21-14)13-22-8-6-16(7-9-22)10-20(24)23-11-17-4-3-5-18(17)12-23/h16-18H,3-13H2,1-2H3. The van der Waals surface area contributed by atoms with Gasteiger partial charge >= 0.3 is 0 Å². The van der Waals surface area contributed by atoms with Crippen molar-refractivity contribution in [3.05, 3.63) is 15.6 Å². The van der Waals surface area contributed by atoms with E-state index in [0.717, 1.165) is 51.0 Å². The van der Waals surface area contributed by atoms with Crippen LogP contribution in [0.5, 0.6) is 0 Å². The first-order chi connectivity index (χ1) is 12.1. The fourth-order valence-corrected chi connectivity index (χ4v) is 6.07. The summed E-state index contributed by atoms with van der Waals surface area (Å²) >= 11 is 1.83. The number of hydrogen-bond acceptors (Lipinski definition) is 4. The number of hydrogen-bond donors (Lipinski definition) is 0. The predicted octanol–water partition coefficient (Wildman–Crippen LogP) is 3.62. The molecule has 0 bridgehead atoms. The van der Waals surface area contributed by atoms with Gasteiger partial charge in [0, 0.05) is 30.9 Å². The number of likely N-dealkylation sites (tertiary alicyclic amines) is 2. The quantitative estimate of drug-likeness (QED) is 0.822. The van der Waals surface area contributed by atoms with Crippen LogP contribution in [0.2, 0.25) is 0 Å². The third-order valence-corrected chi connectivity index (χ3v) is 7.67. The maximum Gasteiger partial charge on any atom is 0.222 e. The summed E-state index contributed by atoms with van der Waals surface area (Å²) in [5.41, 5.74) is 1.19. The molecule has 1 aromatic rings. The Morgan fingerprint density at radius 2 is 1.80 bits per heavy atom. The van der Waals surface area contributed by atoms with Crippen LogP contribution in [0.1, 0.15) is 54.1 Å². The first-order valence-corrected chi connectivity index (χ1v) is 10.8. The molecule has 4 rings (SSSR count). The van der Waals surface area contributed by atoms with E-state index in [0.29, 0.717) is 11.8 Å². The lowest BCUT2D eigenvalue weighted by atomic mass is 9.93. The summed E-state index contributed by atoms with van der Waals surface area (Å²) in [6, 6.07) is 0. The molecule has 3 heterocycles. The van der Waals surface area contributed by atoms with Crippen molar-refractivity contribution in [1.29, 1.82) is 0 Å². The van der Waals surface area contributed by atoms with E-state index in [2.05, 4.69) is 28.6 Å². The summed E-state index contributed by atoms with van der Waals surface area (Å²) in [6.45, 7) is 9.59. The molecule has 3 fully saturated rings. The second-order valence-electron chi connectivity index (χ2n) is 8.41. The van der Waals surface area contributed by atoms with Gasteiger partial charge in [0.25, 0.3) is 0 Å². The number of amides is 1. The van der Waals surface area contributed by atoms with Gasteiger partial charge in [-0.3, -0.25) is 9.69 Å². The van der Waals surface area contributed by atoms with Gasteiger partial charge in [-0.1, -0.05) is 6.42 Å². The summed E-state index contributed by atoms with van der Waals surface area (Å²) in [4.78, 5) is 23.4. The van der Waals surface area contributed by atoms with Crippen LogP contribution in [0, 0.1) is 31.6 Å². The molecule has 138 valence electrons. The molecule has 0 spiro atoms. The van der Waals surface area contributed by atoms with Gasteiger partial charge in [-0.25, -0.2) is 4.98 Å². The molecule has 2 aliphatic heterocycles. The van der Waals surface area contributed by atoms with Gasteiger partial charge in [-0.2, -0.15) is 0 Å². The van der Waals surface area contributed by atoms with Crippen molar-refractivity contribution < 1.29 is 4.79 Å². The van der Waals surface area contributed by atoms with Crippen molar-refractivity contribution >= 4 is 17.2 Å². The van der Waals surface area contributed by atoms with Crippen molar-refractivity contribution in [2.75, 3.05) is 26.2 Å². The van der Waals surface area contributed by atoms with Gasteiger partial charge < -0.3 is 4.90 Å². The first kappa shape index (κ1) is 17.5. The van der Waals surface area contributed by atoms with E-state index in [4.69, 9.17) is 0 Å². The Bertz CT molecular complexity index is 608. The fourth-order valence-electron chi connectivity index (χ4n) is 5.09. The number of rotatable bonds is 4. The van der Waals surface area contributed by atoms with E-state index in [9.17, 15) is 4.79 Å². The normalized spacial score (nSPS) is 27.8. The molecule has 2 unspecified atom stereocenters. The summed E-state index contributed by atoms with van der Waals surface area (Å²) in [5, 5.41) is 1.17. The fraction of sp³-hybridized carbons (Fsp3) is 0.800. The lowest BCUT2D eigenvalue weighted by Gasteiger charge is -2.32. The maximum atomic E-state index is 12.7. The lowest BCUT2D eigenvalue weighted by Crippen LogP contribution is -2.36. The van der Waals surface area contributed by atoms with Crippen molar-refractivity contribution in [2.24, 2.45) is 17.8 Å². The number of fused-ring (bicyclic) bond motifs is 1. The monoisotopic (exact) mass is 361 g/mol. The molecule has 3 aliphatic rings. The van der Waals surface area contributed by atoms with Crippen molar-refractivity contribution in [3.8, 4) is 0 Å². The Balaban J connectivity index is 1.22. The Hall–Kier alpha value is -0.940. The second kappa shape index (κ2) is 7.36. The molecule has 1 saturated carbocycles. The molecule has 0 radical (unpaired) electrons. The van der Waals surface area contributed by atoms with E-state index < -0.39 is 0 Å². The average molecular weight is 362 g/mol. The molecular weight excluding hydrogens is 330 g/mol. The van der Waals surface area contributed by atoms with Gasteiger partial charge in [0.05, 0.1) is 10.7 Å². The Morgan fingerprint density at radius 3 is 2.40 bits per heavy atom. The topological polar surface area (TPSA) is 36.4 Å². The van der Waals surface area contributed by atoms with Gasteiger partial charge in [0.15, 0.2) is 0 Å². The Kier molecular flexibility index (Phi) is 5.14. The summed E-state index contributed by atoms with van der Waals surface area (Å²) in [6.07, 6.45) is 7.21. The van der Waals surface area contributed by atoms with Crippen molar-refractivity contribution in [2.45, 2.75) is 58.9 Å². The smallest absolute Gasteiger partial charge is 0.222 e. The molecule has 2 atom stereocenters. The lowest BCUT2D eigenvalue weighted by molar-refractivity contribution is -0.131. The third-order valence-electron chi connectivity index (χ3n) is 6.62. The van der Waals surface area contributed by atoms with Gasteiger partial charge in [0.1, 0.15) is 0 Å². The first-order valence-electron chi connectivity index (χ1n) is 10.0. The van der Waals surface area contributed by atoms with Crippen LogP contribution in [0.4, 0.5) is 0 Å². The second-order valence-corrected chi connectivity index (χ2v) is 9.70. The Labute approximate surface area is 155 Å². The largest absolute Gasteiger partial charge is 0.342 e. The molecular formula is C20H31N3OS. The number of aryl methyl sites for hydroxylation is 2. The van der Waals surface area contributed by atoms with Crippen LogP contribution in [0.25, 0.3) is 0 Å². The summed E-state index contributed by atoms with van der Waals surface area (Å²) in [7, 11) is 0. The van der Waals surface area contributed by atoms with Crippen molar-refractivity contribution in [1.82, 2.24) is 14.8 Å². The highest BCUT2D eigenvalue weighted by Crippen LogP contribution is 2.38. The number of piperidine rings is 1. The number of nitrogens with zero attached hydrogens (tertiary/aromatic N) is 3. The third kappa shape index (κ3) is 3.92. The van der Waals surface area contributed by atoms with Crippen LogP contribution in [0.3, 0.4) is 0 Å². The zero-order chi connectivity index (χ0) is 17.4. The summed E-state index contributed by atoms with van der Waals surface area (Å²) < 4.78 is 0. The van der Waals surface area contributed by atoms with E-state index in [1.54, 1.807) is 0 Å². The van der Waals surface area contributed by atoms with Gasteiger partial charge in [-0.05, 0) is 70.4 Å². The number of carbonyl (C=O) groups is 1. The zero-order valence-corrected chi connectivity index (χ0v) is 16.5. The molecule has 0 N–H and O–H groups in total. The SMILES string of the molecule is Cc1nc(C)c(CN2CCC(CC(=O)N3CC4CCCC4C3)CC2)s1. The van der Waals surface area contributed by atoms with Crippen LogP contribution >= 0.6 is 11.3 Å². The number of thiazole rings is 1. The van der Waals surface area contributed by atoms with Gasteiger partial charge in [-0.15, -0.1) is 11.3 Å². The van der Waals surface area contributed by atoms with E-state index in [-0.39, 0.29) is 0 Å².